The lowest BCUT2D eigenvalue weighted by atomic mass is 10.0. The summed E-state index contributed by atoms with van der Waals surface area (Å²) in [6.45, 7) is 2.43. The van der Waals surface area contributed by atoms with Crippen LogP contribution in [0.4, 0.5) is 0 Å². The van der Waals surface area contributed by atoms with Crippen LogP contribution in [0.2, 0.25) is 0 Å². The molecule has 0 aliphatic carbocycles. The van der Waals surface area contributed by atoms with E-state index in [4.69, 9.17) is 4.98 Å². The number of carbonyl (C=O) groups excluding carboxylic acids is 1. The normalized spacial score (nSPS) is 11.1. The molecule has 0 spiro atoms. The van der Waals surface area contributed by atoms with Crippen molar-refractivity contribution in [1.29, 1.82) is 0 Å². The maximum absolute atomic E-state index is 13.3. The fourth-order valence-corrected chi connectivity index (χ4v) is 3.42. The highest BCUT2D eigenvalue weighted by atomic mass is 16.2. The zero-order valence-corrected chi connectivity index (χ0v) is 16.4. The van der Waals surface area contributed by atoms with Gasteiger partial charge in [-0.2, -0.15) is 10.2 Å². The molecule has 0 radical (unpaired) electrons. The second-order valence-corrected chi connectivity index (χ2v) is 6.98. The second kappa shape index (κ2) is 6.92. The zero-order valence-electron chi connectivity index (χ0n) is 16.4. The molecule has 0 aliphatic rings. The first-order valence-corrected chi connectivity index (χ1v) is 9.07. The first-order chi connectivity index (χ1) is 13.4. The minimum Gasteiger partial charge on any atom is -0.336 e. The van der Waals surface area contributed by atoms with Gasteiger partial charge in [-0.05, 0) is 25.1 Å². The molecule has 0 saturated heterocycles. The van der Waals surface area contributed by atoms with Gasteiger partial charge in [0, 0.05) is 44.5 Å². The fraction of sp³-hybridized carbons (Fsp3) is 0.238. The summed E-state index contributed by atoms with van der Waals surface area (Å²) in [4.78, 5) is 19.8. The number of para-hydroxylation sites is 1. The van der Waals surface area contributed by atoms with E-state index >= 15 is 0 Å². The van der Waals surface area contributed by atoms with Crippen molar-refractivity contribution in [3.8, 4) is 11.3 Å². The van der Waals surface area contributed by atoms with Crippen LogP contribution in [0, 0.1) is 6.92 Å². The molecule has 1 aromatic carbocycles. The Hall–Kier alpha value is -3.48. The molecule has 0 fully saturated rings. The minimum atomic E-state index is -0.0532. The molecule has 0 N–H and O–H groups in total. The summed E-state index contributed by atoms with van der Waals surface area (Å²) in [5.41, 5.74) is 4.96. The number of carbonyl (C=O) groups is 1. The number of pyridine rings is 1. The molecule has 28 heavy (non-hydrogen) atoms. The third-order valence-corrected chi connectivity index (χ3v) is 4.90. The van der Waals surface area contributed by atoms with Crippen molar-refractivity contribution >= 4 is 16.8 Å². The highest BCUT2D eigenvalue weighted by Crippen LogP contribution is 2.27. The van der Waals surface area contributed by atoms with E-state index in [1.165, 1.54) is 0 Å². The quantitative estimate of drug-likeness (QED) is 0.551. The number of hydrogen-bond acceptors (Lipinski definition) is 4. The smallest absolute Gasteiger partial charge is 0.254 e. The van der Waals surface area contributed by atoms with E-state index in [2.05, 4.69) is 10.2 Å². The van der Waals surface area contributed by atoms with Crippen LogP contribution in [-0.4, -0.2) is 42.4 Å². The molecule has 4 aromatic rings. The standard InChI is InChI=1S/C21H22N6O/c1-14-18(13-26(3)24-14)20-11-17(16-7-5-6-8-19(16)23-20)21(28)25(2)12-15-9-10-22-27(15)4/h5-11,13H,12H2,1-4H3. The lowest BCUT2D eigenvalue weighted by molar-refractivity contribution is 0.0784. The van der Waals surface area contributed by atoms with Crippen LogP contribution in [-0.2, 0) is 20.6 Å². The van der Waals surface area contributed by atoms with Crippen molar-refractivity contribution < 1.29 is 4.79 Å². The van der Waals surface area contributed by atoms with E-state index in [9.17, 15) is 4.79 Å². The molecule has 3 heterocycles. The zero-order chi connectivity index (χ0) is 19.8. The van der Waals surface area contributed by atoms with Gasteiger partial charge in [-0.3, -0.25) is 14.2 Å². The Balaban J connectivity index is 1.79. The van der Waals surface area contributed by atoms with E-state index in [1.807, 2.05) is 63.6 Å². The maximum Gasteiger partial charge on any atom is 0.254 e. The van der Waals surface area contributed by atoms with Gasteiger partial charge in [0.05, 0.1) is 34.7 Å². The van der Waals surface area contributed by atoms with Crippen molar-refractivity contribution in [2.24, 2.45) is 14.1 Å². The first-order valence-electron chi connectivity index (χ1n) is 9.07. The van der Waals surface area contributed by atoms with Gasteiger partial charge in [0.15, 0.2) is 0 Å². The van der Waals surface area contributed by atoms with Crippen LogP contribution in [0.1, 0.15) is 21.7 Å². The maximum atomic E-state index is 13.3. The summed E-state index contributed by atoms with van der Waals surface area (Å²) in [5, 5.41) is 9.43. The third kappa shape index (κ3) is 3.15. The van der Waals surface area contributed by atoms with E-state index in [1.54, 1.807) is 27.5 Å². The molecule has 0 unspecified atom stereocenters. The van der Waals surface area contributed by atoms with Gasteiger partial charge >= 0.3 is 0 Å². The summed E-state index contributed by atoms with van der Waals surface area (Å²) in [6.07, 6.45) is 3.67. The summed E-state index contributed by atoms with van der Waals surface area (Å²) >= 11 is 0. The van der Waals surface area contributed by atoms with Gasteiger partial charge in [0.2, 0.25) is 0 Å². The van der Waals surface area contributed by atoms with Gasteiger partial charge in [-0.15, -0.1) is 0 Å². The Morgan fingerprint density at radius 1 is 1.18 bits per heavy atom. The Morgan fingerprint density at radius 3 is 2.64 bits per heavy atom. The minimum absolute atomic E-state index is 0.0532. The lowest BCUT2D eigenvalue weighted by Crippen LogP contribution is -2.27. The van der Waals surface area contributed by atoms with E-state index in [0.29, 0.717) is 12.1 Å². The monoisotopic (exact) mass is 374 g/mol. The van der Waals surface area contributed by atoms with Crippen molar-refractivity contribution in [2.75, 3.05) is 7.05 Å². The third-order valence-electron chi connectivity index (χ3n) is 4.90. The number of rotatable bonds is 4. The van der Waals surface area contributed by atoms with Crippen molar-refractivity contribution in [1.82, 2.24) is 29.4 Å². The molecule has 7 heteroatoms. The van der Waals surface area contributed by atoms with Gasteiger partial charge in [-0.25, -0.2) is 4.98 Å². The SMILES string of the molecule is Cc1nn(C)cc1-c1cc(C(=O)N(C)Cc2ccnn2C)c2ccccc2n1. The van der Waals surface area contributed by atoms with Crippen LogP contribution >= 0.6 is 0 Å². The summed E-state index contributed by atoms with van der Waals surface area (Å²) in [6, 6.07) is 11.5. The fourth-order valence-electron chi connectivity index (χ4n) is 3.42. The van der Waals surface area contributed by atoms with E-state index in [-0.39, 0.29) is 5.91 Å². The topological polar surface area (TPSA) is 68.8 Å². The number of amides is 1. The average molecular weight is 374 g/mol. The Bertz CT molecular complexity index is 1170. The second-order valence-electron chi connectivity index (χ2n) is 6.98. The summed E-state index contributed by atoms with van der Waals surface area (Å²) in [7, 11) is 5.56. The van der Waals surface area contributed by atoms with Crippen LogP contribution < -0.4 is 0 Å². The van der Waals surface area contributed by atoms with Crippen LogP contribution in [0.15, 0.2) is 48.8 Å². The number of aromatic nitrogens is 5. The lowest BCUT2D eigenvalue weighted by Gasteiger charge is -2.19. The van der Waals surface area contributed by atoms with Gasteiger partial charge in [0.25, 0.3) is 5.91 Å². The molecular weight excluding hydrogens is 352 g/mol. The first kappa shape index (κ1) is 17.9. The van der Waals surface area contributed by atoms with Crippen LogP contribution in [0.25, 0.3) is 22.2 Å². The Morgan fingerprint density at radius 2 is 1.96 bits per heavy atom. The average Bonchev–Trinajstić information content (AvgIpc) is 3.24. The molecule has 0 aliphatic heterocycles. The number of nitrogens with zero attached hydrogens (tertiary/aromatic N) is 6. The molecule has 0 saturated carbocycles. The molecule has 0 bridgehead atoms. The largest absolute Gasteiger partial charge is 0.336 e. The highest BCUT2D eigenvalue weighted by Gasteiger charge is 2.19. The van der Waals surface area contributed by atoms with Crippen molar-refractivity contribution in [3.63, 3.8) is 0 Å². The summed E-state index contributed by atoms with van der Waals surface area (Å²) < 4.78 is 3.54. The predicted octanol–water partition coefficient (Wildman–Crippen LogP) is 2.95. The molecule has 1 amide bonds. The number of benzene rings is 1. The highest BCUT2D eigenvalue weighted by molar-refractivity contribution is 6.07. The molecule has 3 aromatic heterocycles. The molecular formula is C21H22N6O. The molecule has 0 atom stereocenters. The van der Waals surface area contributed by atoms with Crippen LogP contribution in [0.5, 0.6) is 0 Å². The van der Waals surface area contributed by atoms with E-state index in [0.717, 1.165) is 33.5 Å². The van der Waals surface area contributed by atoms with Gasteiger partial charge < -0.3 is 4.90 Å². The number of hydrogen-bond donors (Lipinski definition) is 0. The van der Waals surface area contributed by atoms with Gasteiger partial charge in [0.1, 0.15) is 0 Å². The predicted molar refractivity (Wildman–Crippen MR) is 108 cm³/mol. The van der Waals surface area contributed by atoms with E-state index < -0.39 is 0 Å². The molecule has 4 rings (SSSR count). The number of fused-ring (bicyclic) bond motifs is 1. The van der Waals surface area contributed by atoms with Gasteiger partial charge in [-0.1, -0.05) is 18.2 Å². The van der Waals surface area contributed by atoms with Crippen molar-refractivity contribution in [2.45, 2.75) is 13.5 Å². The van der Waals surface area contributed by atoms with Crippen LogP contribution in [0.3, 0.4) is 0 Å². The molecule has 142 valence electrons. The Kier molecular flexibility index (Phi) is 4.43. The Labute approximate surface area is 163 Å². The summed E-state index contributed by atoms with van der Waals surface area (Å²) in [5.74, 6) is -0.0532. The van der Waals surface area contributed by atoms with Crippen molar-refractivity contribution in [3.05, 3.63) is 65.7 Å². The number of aryl methyl sites for hydroxylation is 3. The molecule has 7 nitrogen and oxygen atoms in total.